The summed E-state index contributed by atoms with van der Waals surface area (Å²) in [7, 11) is 0. The van der Waals surface area contributed by atoms with Crippen molar-refractivity contribution in [3.05, 3.63) is 65.5 Å². The van der Waals surface area contributed by atoms with Crippen LogP contribution in [0.2, 0.25) is 0 Å². The first-order valence-corrected chi connectivity index (χ1v) is 7.42. The second-order valence-corrected chi connectivity index (χ2v) is 5.34. The smallest absolute Gasteiger partial charge is 0.252 e. The number of hydrogen-bond acceptors (Lipinski definition) is 3. The van der Waals surface area contributed by atoms with Crippen molar-refractivity contribution in [2.75, 3.05) is 5.32 Å². The molecule has 0 fully saturated rings. The van der Waals surface area contributed by atoms with Crippen molar-refractivity contribution < 1.29 is 14.0 Å². The van der Waals surface area contributed by atoms with Crippen LogP contribution < -0.4 is 10.7 Å². The van der Waals surface area contributed by atoms with Gasteiger partial charge in [0.15, 0.2) is 0 Å². The third kappa shape index (κ3) is 4.74. The Morgan fingerprint density at radius 3 is 2.42 bits per heavy atom. The van der Waals surface area contributed by atoms with E-state index in [4.69, 9.17) is 0 Å². The summed E-state index contributed by atoms with van der Waals surface area (Å²) < 4.78 is 13.5. The Hall–Kier alpha value is -3.02. The average molecular weight is 327 g/mol. The molecule has 24 heavy (non-hydrogen) atoms. The highest BCUT2D eigenvalue weighted by atomic mass is 19.1. The Bertz CT molecular complexity index is 757. The van der Waals surface area contributed by atoms with Gasteiger partial charge in [0.1, 0.15) is 11.7 Å². The number of carbonyl (C=O) groups is 2. The second kappa shape index (κ2) is 8.01. The highest BCUT2D eigenvalue weighted by Gasteiger charge is 2.21. The molecule has 0 aliphatic carbocycles. The second-order valence-electron chi connectivity index (χ2n) is 5.34. The number of anilines is 1. The number of hydrogen-bond donors (Lipinski definition) is 2. The molecule has 0 aromatic heterocycles. The predicted molar refractivity (Wildman–Crippen MR) is 91.1 cm³/mol. The molecule has 0 heterocycles. The Labute approximate surface area is 139 Å². The molecule has 0 spiro atoms. The summed E-state index contributed by atoms with van der Waals surface area (Å²) in [5, 5.41) is 6.20. The first-order valence-electron chi connectivity index (χ1n) is 7.42. The highest BCUT2D eigenvalue weighted by molar-refractivity contribution is 6.06. The van der Waals surface area contributed by atoms with Crippen molar-refractivity contribution in [3.63, 3.8) is 0 Å². The van der Waals surface area contributed by atoms with Crippen molar-refractivity contribution in [1.82, 2.24) is 5.43 Å². The molecule has 0 saturated heterocycles. The first kappa shape index (κ1) is 17.3. The van der Waals surface area contributed by atoms with E-state index < -0.39 is 23.5 Å². The van der Waals surface area contributed by atoms with Gasteiger partial charge < -0.3 is 5.32 Å². The predicted octanol–water partition coefficient (Wildman–Crippen LogP) is 2.86. The molecule has 1 unspecified atom stereocenters. The number of rotatable bonds is 5. The van der Waals surface area contributed by atoms with Gasteiger partial charge in [-0.05, 0) is 31.5 Å². The van der Waals surface area contributed by atoms with Crippen LogP contribution in [0.1, 0.15) is 18.1 Å². The van der Waals surface area contributed by atoms with Gasteiger partial charge in [0.2, 0.25) is 5.91 Å². The maximum Gasteiger partial charge on any atom is 0.252 e. The van der Waals surface area contributed by atoms with E-state index in [1.807, 2.05) is 31.2 Å². The van der Waals surface area contributed by atoms with Crippen LogP contribution in [0.3, 0.4) is 0 Å². The number of nitrogens with one attached hydrogen (secondary N) is 2. The zero-order valence-corrected chi connectivity index (χ0v) is 13.4. The quantitative estimate of drug-likeness (QED) is 0.504. The van der Waals surface area contributed by atoms with E-state index in [2.05, 4.69) is 15.8 Å². The lowest BCUT2D eigenvalue weighted by Gasteiger charge is -2.11. The van der Waals surface area contributed by atoms with Crippen LogP contribution in [0.15, 0.2) is 53.6 Å². The van der Waals surface area contributed by atoms with E-state index in [0.717, 1.165) is 11.1 Å². The molecule has 2 aromatic carbocycles. The fourth-order valence-corrected chi connectivity index (χ4v) is 1.84. The zero-order chi connectivity index (χ0) is 17.5. The first-order chi connectivity index (χ1) is 11.5. The van der Waals surface area contributed by atoms with Gasteiger partial charge in [-0.2, -0.15) is 5.10 Å². The van der Waals surface area contributed by atoms with E-state index in [0.29, 0.717) is 0 Å². The molecular weight excluding hydrogens is 309 g/mol. The van der Waals surface area contributed by atoms with Gasteiger partial charge >= 0.3 is 0 Å². The van der Waals surface area contributed by atoms with Crippen molar-refractivity contribution in [2.24, 2.45) is 11.0 Å². The number of benzene rings is 2. The summed E-state index contributed by atoms with van der Waals surface area (Å²) >= 11 is 0. The Balaban J connectivity index is 1.90. The topological polar surface area (TPSA) is 70.6 Å². The number of amides is 2. The molecule has 124 valence electrons. The van der Waals surface area contributed by atoms with E-state index >= 15 is 0 Å². The van der Waals surface area contributed by atoms with Gasteiger partial charge in [-0.15, -0.1) is 0 Å². The third-order valence-electron chi connectivity index (χ3n) is 3.38. The largest absolute Gasteiger partial charge is 0.323 e. The van der Waals surface area contributed by atoms with Gasteiger partial charge in [0.25, 0.3) is 5.91 Å². The maximum absolute atomic E-state index is 13.5. The highest BCUT2D eigenvalue weighted by Crippen LogP contribution is 2.13. The third-order valence-corrected chi connectivity index (χ3v) is 3.38. The molecule has 5 nitrogen and oxygen atoms in total. The molecule has 0 aliphatic rings. The molecule has 2 aromatic rings. The summed E-state index contributed by atoms with van der Waals surface area (Å²) in [6.07, 6.45) is 1.48. The molecule has 2 amide bonds. The van der Waals surface area contributed by atoms with Crippen molar-refractivity contribution >= 4 is 23.7 Å². The van der Waals surface area contributed by atoms with E-state index in [-0.39, 0.29) is 5.69 Å². The number of halogens is 1. The lowest BCUT2D eigenvalue weighted by Crippen LogP contribution is -2.34. The van der Waals surface area contributed by atoms with Gasteiger partial charge in [-0.1, -0.05) is 42.0 Å². The Kier molecular flexibility index (Phi) is 5.78. The van der Waals surface area contributed by atoms with E-state index in [1.54, 1.807) is 6.07 Å². The van der Waals surface area contributed by atoms with E-state index in [1.165, 1.54) is 31.3 Å². The van der Waals surface area contributed by atoms with Gasteiger partial charge in [0, 0.05) is 0 Å². The summed E-state index contributed by atoms with van der Waals surface area (Å²) in [6, 6.07) is 13.3. The van der Waals surface area contributed by atoms with Crippen LogP contribution in [0.4, 0.5) is 10.1 Å². The van der Waals surface area contributed by atoms with Crippen LogP contribution in [0, 0.1) is 18.7 Å². The number of aryl methyl sites for hydroxylation is 1. The molecule has 2 rings (SSSR count). The Morgan fingerprint density at radius 2 is 1.75 bits per heavy atom. The minimum Gasteiger partial charge on any atom is -0.323 e. The number of nitrogens with zero attached hydrogens (tertiary/aromatic N) is 1. The molecule has 0 radical (unpaired) electrons. The average Bonchev–Trinajstić information content (AvgIpc) is 2.58. The van der Waals surface area contributed by atoms with Crippen LogP contribution >= 0.6 is 0 Å². The van der Waals surface area contributed by atoms with E-state index in [9.17, 15) is 14.0 Å². The lowest BCUT2D eigenvalue weighted by atomic mass is 10.1. The molecule has 0 bridgehead atoms. The van der Waals surface area contributed by atoms with Gasteiger partial charge in [-0.25, -0.2) is 9.82 Å². The minimum atomic E-state index is -1.01. The van der Waals surface area contributed by atoms with Crippen molar-refractivity contribution in [2.45, 2.75) is 13.8 Å². The van der Waals surface area contributed by atoms with Gasteiger partial charge in [0.05, 0.1) is 11.9 Å². The summed E-state index contributed by atoms with van der Waals surface area (Å²) in [5.74, 6) is -2.76. The van der Waals surface area contributed by atoms with Crippen LogP contribution in [-0.2, 0) is 9.59 Å². The normalized spacial score (nSPS) is 12.0. The number of para-hydroxylation sites is 1. The van der Waals surface area contributed by atoms with Crippen LogP contribution in [0.25, 0.3) is 0 Å². The zero-order valence-electron chi connectivity index (χ0n) is 13.4. The standard InChI is InChI=1S/C18H18FN3O2/c1-12-7-9-14(10-8-12)11-20-22-18(24)13(2)17(23)21-16-6-4-3-5-15(16)19/h3-11,13H,1-2H3,(H,21,23)(H,22,24). The summed E-state index contributed by atoms with van der Waals surface area (Å²) in [4.78, 5) is 23.9. The van der Waals surface area contributed by atoms with Crippen LogP contribution in [-0.4, -0.2) is 18.0 Å². The van der Waals surface area contributed by atoms with Crippen molar-refractivity contribution in [3.8, 4) is 0 Å². The van der Waals surface area contributed by atoms with Crippen molar-refractivity contribution in [1.29, 1.82) is 0 Å². The Morgan fingerprint density at radius 1 is 1.08 bits per heavy atom. The molecule has 6 heteroatoms. The fourth-order valence-electron chi connectivity index (χ4n) is 1.84. The molecular formula is C18H18FN3O2. The SMILES string of the molecule is Cc1ccc(C=NNC(=O)C(C)C(=O)Nc2ccccc2F)cc1. The maximum atomic E-state index is 13.5. The molecule has 0 aliphatic heterocycles. The lowest BCUT2D eigenvalue weighted by molar-refractivity contribution is -0.131. The molecule has 2 N–H and O–H groups in total. The fraction of sp³-hybridized carbons (Fsp3) is 0.167. The number of hydrazone groups is 1. The number of carbonyl (C=O) groups excluding carboxylic acids is 2. The molecule has 1 atom stereocenters. The van der Waals surface area contributed by atoms with Gasteiger partial charge in [-0.3, -0.25) is 9.59 Å². The minimum absolute atomic E-state index is 0.0327. The molecule has 0 saturated carbocycles. The monoisotopic (exact) mass is 327 g/mol. The van der Waals surface area contributed by atoms with Crippen LogP contribution in [0.5, 0.6) is 0 Å². The summed E-state index contributed by atoms with van der Waals surface area (Å²) in [6.45, 7) is 3.39. The summed E-state index contributed by atoms with van der Waals surface area (Å²) in [5.41, 5.74) is 4.28.